The third-order valence-electron chi connectivity index (χ3n) is 4.53. The molecule has 2 aromatic heterocycles. The topological polar surface area (TPSA) is 47.9 Å². The SMILES string of the molecule is CC(C)(C)[Si](C)(C)OCc1cnc(-c2cnc(C(F)(F)F)nc2)cc1Cl. The van der Waals surface area contributed by atoms with Crippen LogP contribution in [0.2, 0.25) is 23.2 Å². The average Bonchev–Trinajstić information content (AvgIpc) is 2.52. The number of rotatable bonds is 4. The molecule has 0 bridgehead atoms. The van der Waals surface area contributed by atoms with E-state index in [1.807, 2.05) is 0 Å². The molecule has 0 spiro atoms. The van der Waals surface area contributed by atoms with Gasteiger partial charge in [-0.15, -0.1) is 0 Å². The van der Waals surface area contributed by atoms with E-state index in [0.717, 1.165) is 18.0 Å². The predicted octanol–water partition coefficient (Wildman–Crippen LogP) is 5.73. The molecule has 2 aromatic rings. The first-order chi connectivity index (χ1) is 11.8. The van der Waals surface area contributed by atoms with E-state index in [0.29, 0.717) is 22.9 Å². The summed E-state index contributed by atoms with van der Waals surface area (Å²) in [6, 6.07) is 1.58. The number of hydrogen-bond donors (Lipinski definition) is 0. The Balaban J connectivity index is 2.17. The fraction of sp³-hybridized carbons (Fsp3) is 0.471. The van der Waals surface area contributed by atoms with E-state index in [1.165, 1.54) is 0 Å². The van der Waals surface area contributed by atoms with E-state index in [9.17, 15) is 13.2 Å². The van der Waals surface area contributed by atoms with Crippen molar-refractivity contribution in [3.63, 3.8) is 0 Å². The molecular formula is C17H21ClF3N3OSi. The van der Waals surface area contributed by atoms with Gasteiger partial charge >= 0.3 is 6.18 Å². The fourth-order valence-electron chi connectivity index (χ4n) is 1.80. The van der Waals surface area contributed by atoms with Gasteiger partial charge in [-0.3, -0.25) is 4.98 Å². The fourth-order valence-corrected chi connectivity index (χ4v) is 2.96. The minimum Gasteiger partial charge on any atom is -0.412 e. The Morgan fingerprint density at radius 1 is 1.04 bits per heavy atom. The summed E-state index contributed by atoms with van der Waals surface area (Å²) in [4.78, 5) is 10.9. The summed E-state index contributed by atoms with van der Waals surface area (Å²) >= 11 is 6.30. The minimum absolute atomic E-state index is 0.0738. The molecule has 142 valence electrons. The van der Waals surface area contributed by atoms with Crippen LogP contribution in [0.25, 0.3) is 11.3 Å². The summed E-state index contributed by atoms with van der Waals surface area (Å²) in [5.41, 5.74) is 1.49. The molecule has 0 aromatic carbocycles. The van der Waals surface area contributed by atoms with Gasteiger partial charge in [-0.05, 0) is 24.2 Å². The average molecular weight is 404 g/mol. The summed E-state index contributed by atoms with van der Waals surface area (Å²) in [6.07, 6.45) is -0.836. The number of aromatic nitrogens is 3. The first-order valence-corrected chi connectivity index (χ1v) is 11.3. The van der Waals surface area contributed by atoms with Crippen LogP contribution >= 0.6 is 11.6 Å². The molecule has 0 saturated heterocycles. The summed E-state index contributed by atoms with van der Waals surface area (Å²) in [5.74, 6) is -1.19. The van der Waals surface area contributed by atoms with Gasteiger partial charge in [0.15, 0.2) is 8.32 Å². The molecule has 0 radical (unpaired) electrons. The first kappa shape index (κ1) is 20.8. The van der Waals surface area contributed by atoms with Crippen LogP contribution in [-0.2, 0) is 17.2 Å². The Labute approximate surface area is 156 Å². The maximum absolute atomic E-state index is 12.5. The van der Waals surface area contributed by atoms with Crippen LogP contribution in [0.3, 0.4) is 0 Å². The van der Waals surface area contributed by atoms with Crippen LogP contribution in [0.4, 0.5) is 13.2 Å². The van der Waals surface area contributed by atoms with Crippen molar-refractivity contribution >= 4 is 19.9 Å². The van der Waals surface area contributed by atoms with E-state index in [-0.39, 0.29) is 5.04 Å². The third kappa shape index (κ3) is 4.80. The van der Waals surface area contributed by atoms with Crippen molar-refractivity contribution in [2.24, 2.45) is 0 Å². The van der Waals surface area contributed by atoms with Crippen molar-refractivity contribution in [1.29, 1.82) is 0 Å². The lowest BCUT2D eigenvalue weighted by Crippen LogP contribution is -2.40. The Bertz CT molecular complexity index is 774. The second-order valence-corrected chi connectivity index (χ2v) is 12.7. The second-order valence-electron chi connectivity index (χ2n) is 7.50. The molecular weight excluding hydrogens is 383 g/mol. The Morgan fingerprint density at radius 3 is 2.08 bits per heavy atom. The minimum atomic E-state index is -4.57. The van der Waals surface area contributed by atoms with Crippen molar-refractivity contribution in [2.45, 2.75) is 51.7 Å². The maximum atomic E-state index is 12.5. The molecule has 0 aliphatic heterocycles. The van der Waals surface area contributed by atoms with Gasteiger partial charge in [0, 0.05) is 34.7 Å². The summed E-state index contributed by atoms with van der Waals surface area (Å²) in [6.45, 7) is 11.1. The zero-order valence-electron chi connectivity index (χ0n) is 15.3. The van der Waals surface area contributed by atoms with Crippen molar-refractivity contribution in [3.05, 3.63) is 41.1 Å². The van der Waals surface area contributed by atoms with Crippen molar-refractivity contribution in [1.82, 2.24) is 15.0 Å². The van der Waals surface area contributed by atoms with E-state index < -0.39 is 20.3 Å². The van der Waals surface area contributed by atoms with Gasteiger partial charge < -0.3 is 4.43 Å². The van der Waals surface area contributed by atoms with Gasteiger partial charge in [-0.1, -0.05) is 32.4 Å². The number of hydrogen-bond acceptors (Lipinski definition) is 4. The smallest absolute Gasteiger partial charge is 0.412 e. The second kappa shape index (κ2) is 7.25. The highest BCUT2D eigenvalue weighted by molar-refractivity contribution is 6.74. The standard InChI is InChI=1S/C17H21ClF3N3OSi/c1-16(2,3)26(4,5)25-10-12-9-22-14(6-13(12)18)11-7-23-15(24-8-11)17(19,20)21/h6-9H,10H2,1-5H3. The van der Waals surface area contributed by atoms with Crippen LogP contribution in [0.5, 0.6) is 0 Å². The largest absolute Gasteiger partial charge is 0.451 e. The number of nitrogens with zero attached hydrogens (tertiary/aromatic N) is 3. The van der Waals surface area contributed by atoms with E-state index in [4.69, 9.17) is 16.0 Å². The summed E-state index contributed by atoms with van der Waals surface area (Å²) in [7, 11) is -1.93. The Morgan fingerprint density at radius 2 is 1.62 bits per heavy atom. The predicted molar refractivity (Wildman–Crippen MR) is 97.3 cm³/mol. The number of alkyl halides is 3. The lowest BCUT2D eigenvalue weighted by molar-refractivity contribution is -0.144. The molecule has 0 unspecified atom stereocenters. The first-order valence-electron chi connectivity index (χ1n) is 7.99. The van der Waals surface area contributed by atoms with Crippen molar-refractivity contribution in [3.8, 4) is 11.3 Å². The maximum Gasteiger partial charge on any atom is 0.451 e. The highest BCUT2D eigenvalue weighted by Gasteiger charge is 2.37. The molecule has 0 aliphatic carbocycles. The zero-order chi connectivity index (χ0) is 19.8. The van der Waals surface area contributed by atoms with Gasteiger partial charge in [-0.2, -0.15) is 13.2 Å². The molecule has 0 saturated carbocycles. The van der Waals surface area contributed by atoms with Crippen LogP contribution in [0.15, 0.2) is 24.7 Å². The summed E-state index contributed by atoms with van der Waals surface area (Å²) < 4.78 is 43.7. The molecule has 2 rings (SSSR count). The van der Waals surface area contributed by atoms with E-state index in [2.05, 4.69) is 48.8 Å². The van der Waals surface area contributed by atoms with Gasteiger partial charge in [0.2, 0.25) is 5.82 Å². The molecule has 0 amide bonds. The third-order valence-corrected chi connectivity index (χ3v) is 9.36. The molecule has 0 atom stereocenters. The molecule has 2 heterocycles. The van der Waals surface area contributed by atoms with Gasteiger partial charge in [0.1, 0.15) is 0 Å². The molecule has 0 N–H and O–H groups in total. The molecule has 4 nitrogen and oxygen atoms in total. The van der Waals surface area contributed by atoms with Crippen LogP contribution < -0.4 is 0 Å². The Kier molecular flexibility index (Phi) is 5.79. The highest BCUT2D eigenvalue weighted by atomic mass is 35.5. The van der Waals surface area contributed by atoms with Crippen molar-refractivity contribution in [2.75, 3.05) is 0 Å². The zero-order valence-corrected chi connectivity index (χ0v) is 17.0. The van der Waals surface area contributed by atoms with Crippen molar-refractivity contribution < 1.29 is 17.6 Å². The quantitative estimate of drug-likeness (QED) is 0.611. The van der Waals surface area contributed by atoms with Gasteiger partial charge in [-0.25, -0.2) is 9.97 Å². The van der Waals surface area contributed by atoms with E-state index in [1.54, 1.807) is 12.3 Å². The molecule has 0 aliphatic rings. The van der Waals surface area contributed by atoms with E-state index >= 15 is 0 Å². The van der Waals surface area contributed by atoms with Crippen LogP contribution in [0.1, 0.15) is 32.2 Å². The number of pyridine rings is 1. The molecule has 0 fully saturated rings. The molecule has 26 heavy (non-hydrogen) atoms. The lowest BCUT2D eigenvalue weighted by Gasteiger charge is -2.36. The van der Waals surface area contributed by atoms with Crippen LogP contribution in [0, 0.1) is 0 Å². The highest BCUT2D eigenvalue weighted by Crippen LogP contribution is 2.37. The van der Waals surface area contributed by atoms with Gasteiger partial charge in [0.25, 0.3) is 0 Å². The van der Waals surface area contributed by atoms with Gasteiger partial charge in [0.05, 0.1) is 12.3 Å². The number of halogens is 4. The summed E-state index contributed by atoms with van der Waals surface area (Å²) in [5, 5.41) is 0.512. The Hall–Kier alpha value is -1.51. The molecule has 9 heteroatoms. The monoisotopic (exact) mass is 403 g/mol. The van der Waals surface area contributed by atoms with Crippen LogP contribution in [-0.4, -0.2) is 23.3 Å². The normalized spacial score (nSPS) is 13.1. The lowest BCUT2D eigenvalue weighted by atomic mass is 10.2.